The lowest BCUT2D eigenvalue weighted by Gasteiger charge is -2.15. The van der Waals surface area contributed by atoms with Crippen LogP contribution >= 0.6 is 0 Å². The number of aliphatic hydroxyl groups excluding tert-OH is 1. The van der Waals surface area contributed by atoms with Crippen LogP contribution in [0.3, 0.4) is 0 Å². The number of hydrogen-bond donors (Lipinski definition) is 1. The predicted octanol–water partition coefficient (Wildman–Crippen LogP) is 2.43. The van der Waals surface area contributed by atoms with Gasteiger partial charge in [-0.2, -0.15) is 0 Å². The molecule has 1 aliphatic rings. The molecule has 0 radical (unpaired) electrons. The summed E-state index contributed by atoms with van der Waals surface area (Å²) in [6.07, 6.45) is 5.41. The Morgan fingerprint density at radius 2 is 2.18 bits per heavy atom. The molecule has 0 spiro atoms. The molecule has 0 aromatic heterocycles. The van der Waals surface area contributed by atoms with Gasteiger partial charge in [-0.05, 0) is 38.7 Å². The number of rotatable bonds is 1. The predicted molar refractivity (Wildman–Crippen MR) is 47.4 cm³/mol. The summed E-state index contributed by atoms with van der Waals surface area (Å²) in [6.45, 7) is 4.57. The van der Waals surface area contributed by atoms with E-state index in [9.17, 15) is 0 Å². The largest absolute Gasteiger partial charge is 0.392 e. The SMILES string of the molecule is CC(C)=C1CC=C(CO)CC1. The zero-order valence-electron chi connectivity index (χ0n) is 7.35. The second-order valence-electron chi connectivity index (χ2n) is 3.33. The summed E-state index contributed by atoms with van der Waals surface area (Å²) in [5.41, 5.74) is 4.19. The summed E-state index contributed by atoms with van der Waals surface area (Å²) in [7, 11) is 0. The van der Waals surface area contributed by atoms with Crippen molar-refractivity contribution in [1.82, 2.24) is 0 Å². The van der Waals surface area contributed by atoms with Gasteiger partial charge in [-0.1, -0.05) is 17.2 Å². The molecule has 1 nitrogen and oxygen atoms in total. The highest BCUT2D eigenvalue weighted by molar-refractivity contribution is 5.22. The smallest absolute Gasteiger partial charge is 0.0641 e. The molecule has 0 bridgehead atoms. The Labute approximate surface area is 68.4 Å². The first-order valence-corrected chi connectivity index (χ1v) is 4.18. The summed E-state index contributed by atoms with van der Waals surface area (Å²) in [5, 5.41) is 8.83. The first-order valence-electron chi connectivity index (χ1n) is 4.18. The number of aliphatic hydroxyl groups is 1. The van der Waals surface area contributed by atoms with Crippen LogP contribution in [0.15, 0.2) is 22.8 Å². The third kappa shape index (κ3) is 2.19. The minimum absolute atomic E-state index is 0.246. The average molecular weight is 152 g/mol. The molecule has 0 aromatic carbocycles. The van der Waals surface area contributed by atoms with E-state index < -0.39 is 0 Å². The molecule has 0 aliphatic heterocycles. The van der Waals surface area contributed by atoms with Crippen molar-refractivity contribution in [2.24, 2.45) is 0 Å². The first-order chi connectivity index (χ1) is 5.24. The van der Waals surface area contributed by atoms with Crippen LogP contribution in [0.25, 0.3) is 0 Å². The molecule has 0 fully saturated rings. The fourth-order valence-electron chi connectivity index (χ4n) is 1.38. The van der Waals surface area contributed by atoms with Crippen LogP contribution in [0.2, 0.25) is 0 Å². The molecule has 0 heterocycles. The number of allylic oxidation sites excluding steroid dienone is 3. The van der Waals surface area contributed by atoms with E-state index in [0.717, 1.165) is 19.3 Å². The highest BCUT2D eigenvalue weighted by Gasteiger charge is 2.07. The molecule has 0 unspecified atom stereocenters. The van der Waals surface area contributed by atoms with Crippen molar-refractivity contribution in [2.75, 3.05) is 6.61 Å². The average Bonchev–Trinajstić information content (AvgIpc) is 2.05. The maximum absolute atomic E-state index is 8.83. The lowest BCUT2D eigenvalue weighted by atomic mass is 9.92. The van der Waals surface area contributed by atoms with Gasteiger partial charge >= 0.3 is 0 Å². The second-order valence-corrected chi connectivity index (χ2v) is 3.33. The van der Waals surface area contributed by atoms with Gasteiger partial charge in [-0.15, -0.1) is 0 Å². The van der Waals surface area contributed by atoms with Gasteiger partial charge in [0.15, 0.2) is 0 Å². The topological polar surface area (TPSA) is 20.2 Å². The third-order valence-electron chi connectivity index (χ3n) is 2.30. The second kappa shape index (κ2) is 3.72. The van der Waals surface area contributed by atoms with Crippen LogP contribution in [0.4, 0.5) is 0 Å². The molecule has 0 saturated heterocycles. The lowest BCUT2D eigenvalue weighted by Crippen LogP contribution is -1.99. The monoisotopic (exact) mass is 152 g/mol. The number of hydrogen-bond acceptors (Lipinski definition) is 1. The van der Waals surface area contributed by atoms with Crippen LogP contribution in [0.5, 0.6) is 0 Å². The van der Waals surface area contributed by atoms with Crippen LogP contribution < -0.4 is 0 Å². The van der Waals surface area contributed by atoms with E-state index in [-0.39, 0.29) is 6.61 Å². The Kier molecular flexibility index (Phi) is 2.89. The lowest BCUT2D eigenvalue weighted by molar-refractivity contribution is 0.325. The van der Waals surface area contributed by atoms with Gasteiger partial charge in [0.05, 0.1) is 6.61 Å². The maximum Gasteiger partial charge on any atom is 0.0641 e. The van der Waals surface area contributed by atoms with E-state index in [1.54, 1.807) is 5.57 Å². The highest BCUT2D eigenvalue weighted by Crippen LogP contribution is 2.24. The molecule has 1 heteroatoms. The van der Waals surface area contributed by atoms with Crippen molar-refractivity contribution in [2.45, 2.75) is 33.1 Å². The van der Waals surface area contributed by atoms with E-state index in [0.29, 0.717) is 0 Å². The standard InChI is InChI=1S/C10H16O/c1-8(2)10-5-3-9(7-11)4-6-10/h3,11H,4-7H2,1-2H3. The normalized spacial score (nSPS) is 18.1. The maximum atomic E-state index is 8.83. The van der Waals surface area contributed by atoms with E-state index in [4.69, 9.17) is 5.11 Å². The highest BCUT2D eigenvalue weighted by atomic mass is 16.3. The fourth-order valence-corrected chi connectivity index (χ4v) is 1.38. The molecule has 0 amide bonds. The molecule has 1 rings (SSSR count). The van der Waals surface area contributed by atoms with Crippen molar-refractivity contribution in [3.05, 3.63) is 22.8 Å². The van der Waals surface area contributed by atoms with Gasteiger partial charge in [0, 0.05) is 0 Å². The van der Waals surface area contributed by atoms with Gasteiger partial charge < -0.3 is 5.11 Å². The van der Waals surface area contributed by atoms with Crippen molar-refractivity contribution in [3.63, 3.8) is 0 Å². The van der Waals surface area contributed by atoms with Gasteiger partial charge in [0.1, 0.15) is 0 Å². The summed E-state index contributed by atoms with van der Waals surface area (Å²) < 4.78 is 0. The summed E-state index contributed by atoms with van der Waals surface area (Å²) in [4.78, 5) is 0. The summed E-state index contributed by atoms with van der Waals surface area (Å²) in [5.74, 6) is 0. The third-order valence-corrected chi connectivity index (χ3v) is 2.30. The fraction of sp³-hybridized carbons (Fsp3) is 0.600. The van der Waals surface area contributed by atoms with Gasteiger partial charge in [0.2, 0.25) is 0 Å². The zero-order chi connectivity index (χ0) is 8.27. The van der Waals surface area contributed by atoms with Crippen LogP contribution in [-0.4, -0.2) is 11.7 Å². The zero-order valence-corrected chi connectivity index (χ0v) is 7.35. The summed E-state index contributed by atoms with van der Waals surface area (Å²) in [6, 6.07) is 0. The Morgan fingerprint density at radius 3 is 2.55 bits per heavy atom. The molecule has 1 N–H and O–H groups in total. The van der Waals surface area contributed by atoms with E-state index in [2.05, 4.69) is 19.9 Å². The molecule has 11 heavy (non-hydrogen) atoms. The first kappa shape index (κ1) is 8.54. The van der Waals surface area contributed by atoms with Crippen molar-refractivity contribution >= 4 is 0 Å². The van der Waals surface area contributed by atoms with Crippen molar-refractivity contribution in [1.29, 1.82) is 0 Å². The Bertz CT molecular complexity index is 195. The minimum Gasteiger partial charge on any atom is -0.392 e. The Balaban J connectivity index is 2.62. The van der Waals surface area contributed by atoms with E-state index >= 15 is 0 Å². The van der Waals surface area contributed by atoms with Gasteiger partial charge in [-0.3, -0.25) is 0 Å². The molecule has 0 saturated carbocycles. The molecule has 0 aromatic rings. The van der Waals surface area contributed by atoms with Gasteiger partial charge in [0.25, 0.3) is 0 Å². The molecular formula is C10H16O. The van der Waals surface area contributed by atoms with Crippen LogP contribution in [0, 0.1) is 0 Å². The molecule has 62 valence electrons. The van der Waals surface area contributed by atoms with E-state index in [1.807, 2.05) is 0 Å². The van der Waals surface area contributed by atoms with E-state index in [1.165, 1.54) is 11.1 Å². The van der Waals surface area contributed by atoms with Gasteiger partial charge in [-0.25, -0.2) is 0 Å². The Hall–Kier alpha value is -0.560. The molecule has 0 atom stereocenters. The quantitative estimate of drug-likeness (QED) is 0.572. The van der Waals surface area contributed by atoms with Crippen LogP contribution in [-0.2, 0) is 0 Å². The van der Waals surface area contributed by atoms with Crippen LogP contribution in [0.1, 0.15) is 33.1 Å². The van der Waals surface area contributed by atoms with Crippen molar-refractivity contribution < 1.29 is 5.11 Å². The minimum atomic E-state index is 0.246. The summed E-state index contributed by atoms with van der Waals surface area (Å²) >= 11 is 0. The molecular weight excluding hydrogens is 136 g/mol. The molecule has 1 aliphatic carbocycles. The van der Waals surface area contributed by atoms with Crippen molar-refractivity contribution in [3.8, 4) is 0 Å². The Morgan fingerprint density at radius 1 is 1.45 bits per heavy atom.